The predicted molar refractivity (Wildman–Crippen MR) is 80.0 cm³/mol. The van der Waals surface area contributed by atoms with Gasteiger partial charge in [0.15, 0.2) is 0 Å². The maximum atomic E-state index is 10.4. The highest BCUT2D eigenvalue weighted by Crippen LogP contribution is 2.23. The standard InChI is InChI=1S/C17H21NO2/c1-4-20-16-8-15(10-18-11-16)17(19)9-14-7-12(2)5-6-13(14)3/h5-8,10-11,17,19H,4,9H2,1-3H3. The third kappa shape index (κ3) is 3.58. The van der Waals surface area contributed by atoms with E-state index in [1.54, 1.807) is 12.4 Å². The molecule has 0 saturated carbocycles. The molecule has 1 heterocycles. The fraction of sp³-hybridized carbons (Fsp3) is 0.353. The number of benzene rings is 1. The fourth-order valence-corrected chi connectivity index (χ4v) is 2.21. The van der Waals surface area contributed by atoms with Crippen molar-refractivity contribution in [3.63, 3.8) is 0 Å². The molecule has 1 atom stereocenters. The zero-order valence-corrected chi connectivity index (χ0v) is 12.3. The molecule has 0 fully saturated rings. The van der Waals surface area contributed by atoms with Gasteiger partial charge in [0.1, 0.15) is 5.75 Å². The van der Waals surface area contributed by atoms with E-state index >= 15 is 0 Å². The zero-order chi connectivity index (χ0) is 14.5. The van der Waals surface area contributed by atoms with Gasteiger partial charge >= 0.3 is 0 Å². The van der Waals surface area contributed by atoms with Crippen molar-refractivity contribution in [2.75, 3.05) is 6.61 Å². The van der Waals surface area contributed by atoms with E-state index in [1.165, 1.54) is 16.7 Å². The number of rotatable bonds is 5. The van der Waals surface area contributed by atoms with Crippen LogP contribution in [0.4, 0.5) is 0 Å². The molecule has 1 aromatic carbocycles. The fourth-order valence-electron chi connectivity index (χ4n) is 2.21. The van der Waals surface area contributed by atoms with Crippen LogP contribution < -0.4 is 4.74 Å². The van der Waals surface area contributed by atoms with Crippen molar-refractivity contribution in [3.8, 4) is 5.75 Å². The molecule has 3 heteroatoms. The van der Waals surface area contributed by atoms with Crippen molar-refractivity contribution in [2.45, 2.75) is 33.3 Å². The molecule has 0 aliphatic heterocycles. The summed E-state index contributed by atoms with van der Waals surface area (Å²) in [6, 6.07) is 8.15. The van der Waals surface area contributed by atoms with Crippen LogP contribution in [0.25, 0.3) is 0 Å². The lowest BCUT2D eigenvalue weighted by Gasteiger charge is -2.14. The molecule has 1 unspecified atom stereocenters. The van der Waals surface area contributed by atoms with E-state index in [0.717, 1.165) is 5.56 Å². The van der Waals surface area contributed by atoms with Gasteiger partial charge in [0.05, 0.1) is 18.9 Å². The van der Waals surface area contributed by atoms with E-state index in [1.807, 2.05) is 13.0 Å². The Morgan fingerprint density at radius 2 is 2.00 bits per heavy atom. The normalized spacial score (nSPS) is 12.2. The molecule has 0 saturated heterocycles. The van der Waals surface area contributed by atoms with Crippen LogP contribution in [0, 0.1) is 13.8 Å². The summed E-state index contributed by atoms with van der Waals surface area (Å²) < 4.78 is 5.42. The Labute approximate surface area is 120 Å². The molecule has 106 valence electrons. The van der Waals surface area contributed by atoms with Crippen LogP contribution in [0.5, 0.6) is 5.75 Å². The molecule has 1 N–H and O–H groups in total. The second-order valence-electron chi connectivity index (χ2n) is 5.04. The minimum absolute atomic E-state index is 0.566. The van der Waals surface area contributed by atoms with Gasteiger partial charge in [-0.1, -0.05) is 23.8 Å². The van der Waals surface area contributed by atoms with Gasteiger partial charge in [-0.05, 0) is 38.0 Å². The first-order valence-electron chi connectivity index (χ1n) is 6.92. The molecular weight excluding hydrogens is 250 g/mol. The molecule has 0 amide bonds. The maximum absolute atomic E-state index is 10.4. The van der Waals surface area contributed by atoms with Gasteiger partial charge in [0.25, 0.3) is 0 Å². The largest absolute Gasteiger partial charge is 0.492 e. The smallest absolute Gasteiger partial charge is 0.137 e. The summed E-state index contributed by atoms with van der Waals surface area (Å²) in [6.07, 6.45) is 3.38. The Hall–Kier alpha value is -1.87. The third-order valence-electron chi connectivity index (χ3n) is 3.35. The number of ether oxygens (including phenoxy) is 1. The van der Waals surface area contributed by atoms with Gasteiger partial charge in [0, 0.05) is 18.2 Å². The summed E-state index contributed by atoms with van der Waals surface area (Å²) in [5.41, 5.74) is 4.36. The molecule has 20 heavy (non-hydrogen) atoms. The number of aromatic nitrogens is 1. The second kappa shape index (κ2) is 6.53. The predicted octanol–water partition coefficient (Wildman–Crippen LogP) is 3.37. The highest BCUT2D eigenvalue weighted by molar-refractivity contribution is 5.33. The number of hydrogen-bond acceptors (Lipinski definition) is 3. The molecule has 0 bridgehead atoms. The number of aryl methyl sites for hydroxylation is 2. The lowest BCUT2D eigenvalue weighted by molar-refractivity contribution is 0.177. The highest BCUT2D eigenvalue weighted by atomic mass is 16.5. The van der Waals surface area contributed by atoms with Crippen molar-refractivity contribution in [1.82, 2.24) is 4.98 Å². The average Bonchev–Trinajstić information content (AvgIpc) is 2.43. The molecule has 3 nitrogen and oxygen atoms in total. The number of pyridine rings is 1. The summed E-state index contributed by atoms with van der Waals surface area (Å²) >= 11 is 0. The van der Waals surface area contributed by atoms with Crippen LogP contribution in [0.3, 0.4) is 0 Å². The van der Waals surface area contributed by atoms with Crippen molar-refractivity contribution in [2.24, 2.45) is 0 Å². The molecule has 0 spiro atoms. The number of nitrogens with zero attached hydrogens (tertiary/aromatic N) is 1. The Kier molecular flexibility index (Phi) is 4.74. The summed E-state index contributed by atoms with van der Waals surface area (Å²) in [6.45, 7) is 6.65. The number of aliphatic hydroxyl groups is 1. The van der Waals surface area contributed by atoms with Gasteiger partial charge < -0.3 is 9.84 Å². The first-order valence-corrected chi connectivity index (χ1v) is 6.92. The van der Waals surface area contributed by atoms with Crippen LogP contribution in [0.1, 0.15) is 35.3 Å². The SMILES string of the molecule is CCOc1cncc(C(O)Cc2cc(C)ccc2C)c1. The molecule has 0 aliphatic carbocycles. The van der Waals surface area contributed by atoms with Gasteiger partial charge in [-0.2, -0.15) is 0 Å². The van der Waals surface area contributed by atoms with E-state index in [-0.39, 0.29) is 0 Å². The lowest BCUT2D eigenvalue weighted by Crippen LogP contribution is -2.05. The van der Waals surface area contributed by atoms with Gasteiger partial charge in [-0.15, -0.1) is 0 Å². The molecule has 2 aromatic rings. The zero-order valence-electron chi connectivity index (χ0n) is 12.3. The number of hydrogen-bond donors (Lipinski definition) is 1. The lowest BCUT2D eigenvalue weighted by atomic mass is 9.97. The van der Waals surface area contributed by atoms with Crippen molar-refractivity contribution in [1.29, 1.82) is 0 Å². The molecule has 0 radical (unpaired) electrons. The third-order valence-corrected chi connectivity index (χ3v) is 3.35. The Morgan fingerprint density at radius 3 is 2.75 bits per heavy atom. The van der Waals surface area contributed by atoms with Crippen LogP contribution in [0.2, 0.25) is 0 Å². The van der Waals surface area contributed by atoms with Crippen LogP contribution in [-0.4, -0.2) is 16.7 Å². The quantitative estimate of drug-likeness (QED) is 0.906. The van der Waals surface area contributed by atoms with E-state index in [4.69, 9.17) is 4.74 Å². The van der Waals surface area contributed by atoms with Crippen molar-refractivity contribution >= 4 is 0 Å². The van der Waals surface area contributed by atoms with Gasteiger partial charge in [-0.3, -0.25) is 4.98 Å². The molecule has 1 aromatic heterocycles. The summed E-state index contributed by atoms with van der Waals surface area (Å²) in [5.74, 6) is 0.699. The average molecular weight is 271 g/mol. The van der Waals surface area contributed by atoms with Crippen LogP contribution in [-0.2, 0) is 6.42 Å². The van der Waals surface area contributed by atoms with E-state index in [2.05, 4.69) is 37.0 Å². The van der Waals surface area contributed by atoms with Crippen LogP contribution >= 0.6 is 0 Å². The van der Waals surface area contributed by atoms with Gasteiger partial charge in [0.2, 0.25) is 0 Å². The molecule has 0 aliphatic rings. The van der Waals surface area contributed by atoms with Crippen molar-refractivity contribution in [3.05, 3.63) is 58.9 Å². The Bertz CT molecular complexity index is 581. The van der Waals surface area contributed by atoms with Crippen molar-refractivity contribution < 1.29 is 9.84 Å². The topological polar surface area (TPSA) is 42.4 Å². The monoisotopic (exact) mass is 271 g/mol. The summed E-state index contributed by atoms with van der Waals surface area (Å²) in [7, 11) is 0. The molecular formula is C17H21NO2. The molecule has 2 rings (SSSR count). The van der Waals surface area contributed by atoms with E-state index < -0.39 is 6.10 Å². The minimum atomic E-state index is -0.566. The summed E-state index contributed by atoms with van der Waals surface area (Å²) in [5, 5.41) is 10.4. The number of aliphatic hydroxyl groups excluding tert-OH is 1. The Morgan fingerprint density at radius 1 is 1.20 bits per heavy atom. The van der Waals surface area contributed by atoms with E-state index in [9.17, 15) is 5.11 Å². The maximum Gasteiger partial charge on any atom is 0.137 e. The van der Waals surface area contributed by atoms with E-state index in [0.29, 0.717) is 18.8 Å². The van der Waals surface area contributed by atoms with Crippen LogP contribution in [0.15, 0.2) is 36.7 Å². The second-order valence-corrected chi connectivity index (χ2v) is 5.04. The van der Waals surface area contributed by atoms with Gasteiger partial charge in [-0.25, -0.2) is 0 Å². The Balaban J connectivity index is 2.17. The first-order chi connectivity index (χ1) is 9.60. The first kappa shape index (κ1) is 14.5. The summed E-state index contributed by atoms with van der Waals surface area (Å²) in [4.78, 5) is 4.12. The minimum Gasteiger partial charge on any atom is -0.492 e. The highest BCUT2D eigenvalue weighted by Gasteiger charge is 2.12.